The lowest BCUT2D eigenvalue weighted by Crippen LogP contribution is -2.66. The van der Waals surface area contributed by atoms with Gasteiger partial charge in [0.2, 0.25) is 5.91 Å². The number of nitrogens with one attached hydrogen (secondary N) is 1. The summed E-state index contributed by atoms with van der Waals surface area (Å²) in [6.45, 7) is 1.59. The molecule has 12 N–H and O–H groups in total. The number of hydrogen-bond donors (Lipinski definition) is 12. The summed E-state index contributed by atoms with van der Waals surface area (Å²) in [7, 11) is 0. The van der Waals surface area contributed by atoms with Crippen LogP contribution < -0.4 is 5.32 Å². The molecule has 19 nitrogen and oxygen atoms in total. The van der Waals surface area contributed by atoms with E-state index in [0.29, 0.717) is 12.8 Å². The van der Waals surface area contributed by atoms with Crippen molar-refractivity contribution in [2.75, 3.05) is 26.4 Å². The first kappa shape index (κ1) is 88.2. The minimum absolute atomic E-state index is 0.236. The van der Waals surface area contributed by atoms with Crippen LogP contribution in [0.2, 0.25) is 0 Å². The van der Waals surface area contributed by atoms with E-state index in [-0.39, 0.29) is 18.9 Å². The van der Waals surface area contributed by atoms with Gasteiger partial charge in [-0.15, -0.1) is 0 Å². The zero-order valence-electron chi connectivity index (χ0n) is 59.8. The second-order valence-corrected chi connectivity index (χ2v) is 27.1. The summed E-state index contributed by atoms with van der Waals surface area (Å²) in [4.78, 5) is 13.4. The average molecular weight is 1380 g/mol. The first-order valence-electron chi connectivity index (χ1n) is 38.3. The molecule has 0 aromatic carbocycles. The van der Waals surface area contributed by atoms with Gasteiger partial charge in [-0.25, -0.2) is 0 Å². The molecule has 3 heterocycles. The Morgan fingerprint density at radius 2 is 0.722 bits per heavy atom. The van der Waals surface area contributed by atoms with E-state index in [1.165, 1.54) is 167 Å². The van der Waals surface area contributed by atoms with Crippen molar-refractivity contribution < 1.29 is 89.4 Å². The number of carbonyl (C=O) groups excluding carboxylic acids is 1. The molecule has 0 aromatic heterocycles. The molecule has 0 bridgehead atoms. The van der Waals surface area contributed by atoms with Crippen molar-refractivity contribution in [3.63, 3.8) is 0 Å². The second kappa shape index (κ2) is 58.5. The van der Waals surface area contributed by atoms with Crippen molar-refractivity contribution in [1.29, 1.82) is 0 Å². The van der Waals surface area contributed by atoms with Gasteiger partial charge in [-0.05, 0) is 77.0 Å². The van der Waals surface area contributed by atoms with Crippen LogP contribution in [-0.2, 0) is 33.2 Å². The standard InChI is InChI=1S/C78H137NO18/c1-3-5-7-9-11-13-15-17-18-19-20-21-22-23-24-25-26-27-28-29-30-31-32-33-34-35-36-37-38-39-40-41-42-44-46-48-50-52-54-56-66(84)79-61(62(83)55-53-51-49-47-45-43-16-14-12-10-8-6-4-2)60-92-76-72(90)69(87)74(64(58-81)94-76)97-78-73(91)70(88)75(65(59-82)95-78)96-77-71(89)68(86)67(85)63(57-80)93-77/h5,7,11,13,17-18,20-21,23-24,45,47,53,55,61-65,67-78,80-83,85-91H,3-4,6,8-10,12,14-16,19,22,25-44,46,48-52,54,56-60H2,1-2H3,(H,79,84)/b7-5-,13-11-,18-17-,21-20-,24-23-,47-45+,55-53+. The maximum Gasteiger partial charge on any atom is 0.220 e. The highest BCUT2D eigenvalue weighted by Crippen LogP contribution is 2.33. The number of hydrogen-bond acceptors (Lipinski definition) is 18. The van der Waals surface area contributed by atoms with Crippen molar-refractivity contribution in [2.45, 2.75) is 375 Å². The Labute approximate surface area is 584 Å². The Hall–Kier alpha value is -3.03. The molecule has 17 atom stereocenters. The Bertz CT molecular complexity index is 2080. The Morgan fingerprint density at radius 3 is 1.15 bits per heavy atom. The van der Waals surface area contributed by atoms with Gasteiger partial charge in [-0.3, -0.25) is 4.79 Å². The number of ether oxygens (including phenoxy) is 6. The number of aliphatic hydroxyl groups is 11. The maximum atomic E-state index is 13.4. The van der Waals surface area contributed by atoms with Crippen LogP contribution in [0.5, 0.6) is 0 Å². The van der Waals surface area contributed by atoms with Crippen molar-refractivity contribution in [1.82, 2.24) is 5.32 Å². The minimum atomic E-state index is -1.98. The van der Waals surface area contributed by atoms with Gasteiger partial charge in [-0.2, -0.15) is 0 Å². The molecule has 562 valence electrons. The monoisotopic (exact) mass is 1380 g/mol. The number of allylic oxidation sites excluding steroid dienone is 13. The number of amides is 1. The van der Waals surface area contributed by atoms with Crippen molar-refractivity contribution in [3.05, 3.63) is 85.1 Å². The molecule has 17 unspecified atom stereocenters. The molecule has 0 aromatic rings. The van der Waals surface area contributed by atoms with E-state index in [1.54, 1.807) is 6.08 Å². The van der Waals surface area contributed by atoms with Gasteiger partial charge >= 0.3 is 0 Å². The number of rotatable bonds is 59. The highest BCUT2D eigenvalue weighted by Gasteiger charge is 2.53. The van der Waals surface area contributed by atoms with E-state index in [2.05, 4.69) is 92.1 Å². The normalized spacial score (nSPS) is 27.4. The first-order chi connectivity index (χ1) is 47.3. The molecule has 3 rings (SSSR count). The van der Waals surface area contributed by atoms with Crippen molar-refractivity contribution >= 4 is 5.91 Å². The fourth-order valence-electron chi connectivity index (χ4n) is 12.5. The van der Waals surface area contributed by atoms with Crippen molar-refractivity contribution in [3.8, 4) is 0 Å². The van der Waals surface area contributed by atoms with Gasteiger partial charge in [0.1, 0.15) is 73.2 Å². The SMILES string of the molecule is CC/C=C\C/C=C\C/C=C\C/C=C\C/C=C\CCCCCCCCCCCCCCCCCCCCCCCCCC(=O)NC(COC1OC(CO)C(OC2OC(CO)C(OC3OC(CO)C(O)C(O)C3O)C(O)C2O)C(O)C1O)C(O)/C=C/CC/C=C/CCCCCCCCC. The fourth-order valence-corrected chi connectivity index (χ4v) is 12.5. The Balaban J connectivity index is 1.29. The van der Waals surface area contributed by atoms with Gasteiger partial charge in [-0.1, -0.05) is 272 Å². The van der Waals surface area contributed by atoms with Crippen LogP contribution in [0.25, 0.3) is 0 Å². The molecular weight excluding hydrogens is 1240 g/mol. The Kier molecular flexibility index (Phi) is 53.2. The van der Waals surface area contributed by atoms with Crippen LogP contribution in [0.1, 0.15) is 271 Å². The third-order valence-electron chi connectivity index (χ3n) is 18.7. The number of aliphatic hydroxyl groups excluding tert-OH is 11. The lowest BCUT2D eigenvalue weighted by Gasteiger charge is -2.48. The average Bonchev–Trinajstić information content (AvgIpc) is 0.809. The molecule has 0 saturated carbocycles. The van der Waals surface area contributed by atoms with E-state index in [1.807, 2.05) is 6.08 Å². The molecular formula is C78H137NO18. The maximum absolute atomic E-state index is 13.4. The molecule has 0 aliphatic carbocycles. The van der Waals surface area contributed by atoms with Crippen LogP contribution >= 0.6 is 0 Å². The fraction of sp³-hybridized carbons (Fsp3) is 0.808. The molecule has 3 aliphatic heterocycles. The van der Waals surface area contributed by atoms with Gasteiger partial charge in [0.15, 0.2) is 18.9 Å². The zero-order chi connectivity index (χ0) is 70.4. The number of carbonyl (C=O) groups is 1. The first-order valence-corrected chi connectivity index (χ1v) is 38.3. The van der Waals surface area contributed by atoms with Crippen LogP contribution in [0.15, 0.2) is 85.1 Å². The van der Waals surface area contributed by atoms with E-state index in [9.17, 15) is 61.0 Å². The lowest BCUT2D eigenvalue weighted by atomic mass is 9.96. The molecule has 19 heteroatoms. The van der Waals surface area contributed by atoms with Crippen LogP contribution in [0.3, 0.4) is 0 Å². The highest BCUT2D eigenvalue weighted by molar-refractivity contribution is 5.76. The highest BCUT2D eigenvalue weighted by atomic mass is 16.8. The van der Waals surface area contributed by atoms with E-state index >= 15 is 0 Å². The molecule has 3 fully saturated rings. The summed E-state index contributed by atoms with van der Waals surface area (Å²) in [5.41, 5.74) is 0. The summed E-state index contributed by atoms with van der Waals surface area (Å²) in [6, 6.07) is -0.991. The van der Waals surface area contributed by atoms with Crippen molar-refractivity contribution in [2.24, 2.45) is 0 Å². The predicted molar refractivity (Wildman–Crippen MR) is 383 cm³/mol. The lowest BCUT2D eigenvalue weighted by molar-refractivity contribution is -0.379. The van der Waals surface area contributed by atoms with Crippen LogP contribution in [0.4, 0.5) is 0 Å². The molecule has 97 heavy (non-hydrogen) atoms. The largest absolute Gasteiger partial charge is 0.394 e. The van der Waals surface area contributed by atoms with Gasteiger partial charge in [0.25, 0.3) is 0 Å². The number of unbranched alkanes of at least 4 members (excludes halogenated alkanes) is 31. The molecule has 3 saturated heterocycles. The van der Waals surface area contributed by atoms with E-state index in [0.717, 1.165) is 70.6 Å². The summed E-state index contributed by atoms with van der Waals surface area (Å²) in [6.07, 6.45) is 50.3. The smallest absolute Gasteiger partial charge is 0.220 e. The van der Waals surface area contributed by atoms with Gasteiger partial charge in [0, 0.05) is 6.42 Å². The van der Waals surface area contributed by atoms with Crippen LogP contribution in [-0.4, -0.2) is 193 Å². The minimum Gasteiger partial charge on any atom is -0.394 e. The third kappa shape index (κ3) is 39.3. The summed E-state index contributed by atoms with van der Waals surface area (Å²) in [5, 5.41) is 120. The molecule has 0 spiro atoms. The Morgan fingerprint density at radius 1 is 0.381 bits per heavy atom. The van der Waals surface area contributed by atoms with Gasteiger partial charge in [0.05, 0.1) is 38.6 Å². The molecule has 0 radical (unpaired) electrons. The molecule has 1 amide bonds. The topological polar surface area (TPSA) is 307 Å². The molecule has 3 aliphatic rings. The summed E-state index contributed by atoms with van der Waals surface area (Å²) in [5.74, 6) is -0.284. The van der Waals surface area contributed by atoms with E-state index < -0.39 is 124 Å². The van der Waals surface area contributed by atoms with Gasteiger partial charge < -0.3 is 89.9 Å². The van der Waals surface area contributed by atoms with E-state index in [4.69, 9.17) is 28.4 Å². The summed E-state index contributed by atoms with van der Waals surface area (Å²) < 4.78 is 34.3. The predicted octanol–water partition coefficient (Wildman–Crippen LogP) is 11.8. The third-order valence-corrected chi connectivity index (χ3v) is 18.7. The second-order valence-electron chi connectivity index (χ2n) is 27.1. The quantitative estimate of drug-likeness (QED) is 0.0199. The zero-order valence-corrected chi connectivity index (χ0v) is 59.8. The van der Waals surface area contributed by atoms with Crippen LogP contribution in [0, 0.1) is 0 Å². The summed E-state index contributed by atoms with van der Waals surface area (Å²) >= 11 is 0.